The van der Waals surface area contributed by atoms with Crippen molar-refractivity contribution < 1.29 is 0 Å². The highest BCUT2D eigenvalue weighted by Crippen LogP contribution is 2.25. The van der Waals surface area contributed by atoms with Crippen molar-refractivity contribution in [2.75, 3.05) is 5.32 Å². The van der Waals surface area contributed by atoms with Crippen LogP contribution < -0.4 is 5.32 Å². The van der Waals surface area contributed by atoms with Gasteiger partial charge in [-0.1, -0.05) is 26.0 Å². The van der Waals surface area contributed by atoms with Gasteiger partial charge in [0, 0.05) is 5.69 Å². The molecule has 0 saturated heterocycles. The molecule has 3 aromatic rings. The molecule has 3 rings (SSSR count). The molecule has 0 bridgehead atoms. The standard InChI is InChI=1S/C22H26N6/c1-6-19-20(13-23)22(26-25-21(19)7-2)24-16(5)17-8-10-18(11-9-17)28-15(4)12-14(3)27-28/h8-12,16H,6-7H2,1-5H3,(H,24,26). The van der Waals surface area contributed by atoms with Gasteiger partial charge >= 0.3 is 0 Å². The number of hydrogen-bond acceptors (Lipinski definition) is 5. The molecule has 0 aliphatic rings. The number of benzene rings is 1. The van der Waals surface area contributed by atoms with E-state index in [2.05, 4.69) is 63.9 Å². The Kier molecular flexibility index (Phi) is 5.74. The largest absolute Gasteiger partial charge is 0.361 e. The number of aromatic nitrogens is 4. The Labute approximate surface area is 166 Å². The van der Waals surface area contributed by atoms with Crippen molar-refractivity contribution in [2.24, 2.45) is 0 Å². The maximum Gasteiger partial charge on any atom is 0.167 e. The number of hydrogen-bond donors (Lipinski definition) is 1. The van der Waals surface area contributed by atoms with Crippen LogP contribution in [0.25, 0.3) is 5.69 Å². The average molecular weight is 374 g/mol. The fourth-order valence-corrected chi connectivity index (χ4v) is 3.48. The third kappa shape index (κ3) is 3.74. The molecule has 6 nitrogen and oxygen atoms in total. The van der Waals surface area contributed by atoms with Gasteiger partial charge in [-0.3, -0.25) is 0 Å². The highest BCUT2D eigenvalue weighted by atomic mass is 15.3. The molecule has 6 heteroatoms. The van der Waals surface area contributed by atoms with Gasteiger partial charge in [0.15, 0.2) is 5.82 Å². The lowest BCUT2D eigenvalue weighted by Gasteiger charge is -2.18. The number of rotatable bonds is 6. The SMILES string of the molecule is CCc1nnc(NC(C)c2ccc(-n3nc(C)cc3C)cc2)c(C#N)c1CC. The summed E-state index contributed by atoms with van der Waals surface area (Å²) < 4.78 is 1.94. The van der Waals surface area contributed by atoms with Gasteiger partial charge in [0.25, 0.3) is 0 Å². The van der Waals surface area contributed by atoms with Crippen LogP contribution in [0.3, 0.4) is 0 Å². The first kappa shape index (κ1) is 19.6. The summed E-state index contributed by atoms with van der Waals surface area (Å²) in [7, 11) is 0. The highest BCUT2D eigenvalue weighted by Gasteiger charge is 2.16. The van der Waals surface area contributed by atoms with E-state index in [4.69, 9.17) is 0 Å². The van der Waals surface area contributed by atoms with Gasteiger partial charge in [0.05, 0.1) is 23.1 Å². The molecule has 1 aromatic carbocycles. The first-order valence-electron chi connectivity index (χ1n) is 9.67. The van der Waals surface area contributed by atoms with Crippen LogP contribution in [0.5, 0.6) is 0 Å². The molecule has 0 fully saturated rings. The van der Waals surface area contributed by atoms with Crippen LogP contribution in [0.15, 0.2) is 30.3 Å². The van der Waals surface area contributed by atoms with E-state index in [9.17, 15) is 5.26 Å². The van der Waals surface area contributed by atoms with Gasteiger partial charge in [-0.05, 0) is 62.9 Å². The third-order valence-corrected chi connectivity index (χ3v) is 4.96. The van der Waals surface area contributed by atoms with Crippen LogP contribution in [-0.4, -0.2) is 20.0 Å². The molecule has 1 unspecified atom stereocenters. The summed E-state index contributed by atoms with van der Waals surface area (Å²) in [6.45, 7) is 10.2. The van der Waals surface area contributed by atoms with E-state index in [0.29, 0.717) is 11.4 Å². The van der Waals surface area contributed by atoms with Crippen molar-refractivity contribution in [1.29, 1.82) is 5.26 Å². The molecule has 2 aromatic heterocycles. The Bertz CT molecular complexity index is 1010. The average Bonchev–Trinajstić information content (AvgIpc) is 3.05. The van der Waals surface area contributed by atoms with Gasteiger partial charge in [-0.2, -0.15) is 15.5 Å². The normalized spacial score (nSPS) is 11.9. The summed E-state index contributed by atoms with van der Waals surface area (Å²) >= 11 is 0. The topological polar surface area (TPSA) is 79.4 Å². The fraction of sp³-hybridized carbons (Fsp3) is 0.364. The number of anilines is 1. The lowest BCUT2D eigenvalue weighted by atomic mass is 10.0. The second kappa shape index (κ2) is 8.22. The summed E-state index contributed by atoms with van der Waals surface area (Å²) in [5.41, 5.74) is 6.71. The predicted octanol–water partition coefficient (Wildman–Crippen LogP) is 4.45. The minimum absolute atomic E-state index is 0.00640. The van der Waals surface area contributed by atoms with Gasteiger partial charge < -0.3 is 5.32 Å². The summed E-state index contributed by atoms with van der Waals surface area (Å²) in [6, 6.07) is 12.6. The molecule has 0 radical (unpaired) electrons. The Morgan fingerprint density at radius 2 is 1.82 bits per heavy atom. The molecule has 0 aliphatic heterocycles. The zero-order valence-electron chi connectivity index (χ0n) is 17.1. The van der Waals surface area contributed by atoms with Gasteiger partial charge in [0.1, 0.15) is 11.6 Å². The Hall–Kier alpha value is -3.20. The first-order chi connectivity index (χ1) is 13.5. The van der Waals surface area contributed by atoms with E-state index in [1.165, 1.54) is 0 Å². The molecule has 0 saturated carbocycles. The quantitative estimate of drug-likeness (QED) is 0.689. The van der Waals surface area contributed by atoms with Crippen LogP contribution in [-0.2, 0) is 12.8 Å². The maximum atomic E-state index is 9.66. The van der Waals surface area contributed by atoms with E-state index >= 15 is 0 Å². The Balaban J connectivity index is 1.85. The lowest BCUT2D eigenvalue weighted by molar-refractivity contribution is 0.819. The zero-order valence-corrected chi connectivity index (χ0v) is 17.1. The van der Waals surface area contributed by atoms with Crippen molar-refractivity contribution >= 4 is 5.82 Å². The molecule has 28 heavy (non-hydrogen) atoms. The third-order valence-electron chi connectivity index (χ3n) is 4.96. The highest BCUT2D eigenvalue weighted by molar-refractivity contribution is 5.57. The number of nitrogens with zero attached hydrogens (tertiary/aromatic N) is 5. The predicted molar refractivity (Wildman–Crippen MR) is 111 cm³/mol. The monoisotopic (exact) mass is 374 g/mol. The molecule has 1 atom stereocenters. The van der Waals surface area contributed by atoms with Gasteiger partial charge in [-0.25, -0.2) is 4.68 Å². The molecule has 0 amide bonds. The van der Waals surface area contributed by atoms with Crippen molar-refractivity contribution in [3.8, 4) is 11.8 Å². The summed E-state index contributed by atoms with van der Waals surface area (Å²) in [5, 5.41) is 26.1. The zero-order chi connectivity index (χ0) is 20.3. The second-order valence-electron chi connectivity index (χ2n) is 6.96. The molecule has 144 valence electrons. The Morgan fingerprint density at radius 1 is 1.11 bits per heavy atom. The molecule has 1 N–H and O–H groups in total. The number of aryl methyl sites for hydroxylation is 3. The second-order valence-corrected chi connectivity index (χ2v) is 6.96. The van der Waals surface area contributed by atoms with Crippen molar-refractivity contribution in [1.82, 2.24) is 20.0 Å². The first-order valence-corrected chi connectivity index (χ1v) is 9.67. The summed E-state index contributed by atoms with van der Waals surface area (Å²) in [6.07, 6.45) is 1.54. The van der Waals surface area contributed by atoms with E-state index in [0.717, 1.165) is 46.7 Å². The molecular weight excluding hydrogens is 348 g/mol. The Morgan fingerprint density at radius 3 is 2.36 bits per heavy atom. The van der Waals surface area contributed by atoms with Crippen LogP contribution in [0, 0.1) is 25.2 Å². The van der Waals surface area contributed by atoms with Crippen LogP contribution >= 0.6 is 0 Å². The van der Waals surface area contributed by atoms with Gasteiger partial charge in [0.2, 0.25) is 0 Å². The molecule has 2 heterocycles. The molecule has 0 spiro atoms. The number of nitriles is 1. The van der Waals surface area contributed by atoms with Crippen LogP contribution in [0.4, 0.5) is 5.82 Å². The van der Waals surface area contributed by atoms with Crippen LogP contribution in [0.2, 0.25) is 0 Å². The summed E-state index contributed by atoms with van der Waals surface area (Å²) in [5.74, 6) is 0.548. The minimum Gasteiger partial charge on any atom is -0.361 e. The van der Waals surface area contributed by atoms with Crippen molar-refractivity contribution in [2.45, 2.75) is 53.5 Å². The number of nitrogens with one attached hydrogen (secondary N) is 1. The fourth-order valence-electron chi connectivity index (χ4n) is 3.48. The minimum atomic E-state index is -0.00640. The smallest absolute Gasteiger partial charge is 0.167 e. The summed E-state index contributed by atoms with van der Waals surface area (Å²) in [4.78, 5) is 0. The van der Waals surface area contributed by atoms with E-state index < -0.39 is 0 Å². The molecular formula is C22H26N6. The van der Waals surface area contributed by atoms with E-state index in [1.54, 1.807) is 0 Å². The van der Waals surface area contributed by atoms with E-state index in [-0.39, 0.29) is 6.04 Å². The van der Waals surface area contributed by atoms with Crippen LogP contribution in [0.1, 0.15) is 60.6 Å². The van der Waals surface area contributed by atoms with Crippen molar-refractivity contribution in [3.63, 3.8) is 0 Å². The van der Waals surface area contributed by atoms with Crippen molar-refractivity contribution in [3.05, 3.63) is 64.1 Å². The maximum absolute atomic E-state index is 9.66. The molecule has 0 aliphatic carbocycles. The van der Waals surface area contributed by atoms with Gasteiger partial charge in [-0.15, -0.1) is 5.10 Å². The van der Waals surface area contributed by atoms with E-state index in [1.807, 2.05) is 32.4 Å². The lowest BCUT2D eigenvalue weighted by Crippen LogP contribution is -2.13.